The third kappa shape index (κ3) is 3.49. The molecule has 0 saturated heterocycles. The minimum Gasteiger partial charge on any atom is -0.383 e. The molecule has 0 heterocycles. The fourth-order valence-corrected chi connectivity index (χ4v) is 2.28. The summed E-state index contributed by atoms with van der Waals surface area (Å²) in [6, 6.07) is 0. The normalized spacial score (nSPS) is 10.4. The lowest BCUT2D eigenvalue weighted by Crippen LogP contribution is -2.28. The van der Waals surface area contributed by atoms with Gasteiger partial charge < -0.3 is 10.6 Å². The van der Waals surface area contributed by atoms with Crippen molar-refractivity contribution in [3.05, 3.63) is 27.8 Å². The van der Waals surface area contributed by atoms with Crippen LogP contribution in [0.4, 0.5) is 5.69 Å². The molecule has 3 nitrogen and oxygen atoms in total. The van der Waals surface area contributed by atoms with Gasteiger partial charge in [-0.1, -0.05) is 6.92 Å². The Bertz CT molecular complexity index is 449. The smallest absolute Gasteiger partial charge is 0.219 e. The second kappa shape index (κ2) is 6.60. The van der Waals surface area contributed by atoms with Gasteiger partial charge in [-0.05, 0) is 62.4 Å². The lowest BCUT2D eigenvalue weighted by Gasteiger charge is -2.20. The Balaban J connectivity index is 2.77. The summed E-state index contributed by atoms with van der Waals surface area (Å²) in [6.45, 7) is 14.1. The third-order valence-electron chi connectivity index (χ3n) is 4.07. The van der Waals surface area contributed by atoms with E-state index in [9.17, 15) is 4.79 Å². The average molecular weight is 262 g/mol. The summed E-state index contributed by atoms with van der Waals surface area (Å²) in [5.74, 6) is 0.103. The van der Waals surface area contributed by atoms with Gasteiger partial charge in [0.1, 0.15) is 0 Å². The molecule has 0 bridgehead atoms. The minimum atomic E-state index is 0.103. The van der Waals surface area contributed by atoms with Crippen LogP contribution in [0.15, 0.2) is 0 Å². The number of anilines is 1. The van der Waals surface area contributed by atoms with Crippen LogP contribution < -0.4 is 10.6 Å². The van der Waals surface area contributed by atoms with E-state index in [1.165, 1.54) is 33.5 Å². The molecule has 0 unspecified atom stereocenters. The number of nitrogens with one attached hydrogen (secondary N) is 2. The van der Waals surface area contributed by atoms with E-state index in [0.29, 0.717) is 13.0 Å². The van der Waals surface area contributed by atoms with Gasteiger partial charge in [0.05, 0.1) is 0 Å². The van der Waals surface area contributed by atoms with Crippen LogP contribution in [0.2, 0.25) is 0 Å². The van der Waals surface area contributed by atoms with E-state index in [2.05, 4.69) is 45.3 Å². The molecule has 1 aromatic carbocycles. The summed E-state index contributed by atoms with van der Waals surface area (Å²) < 4.78 is 0. The zero-order valence-corrected chi connectivity index (χ0v) is 13.0. The number of hydrogen-bond donors (Lipinski definition) is 2. The van der Waals surface area contributed by atoms with Crippen LogP contribution in [0.5, 0.6) is 0 Å². The lowest BCUT2D eigenvalue weighted by atomic mass is 9.93. The Morgan fingerprint density at radius 3 is 1.79 bits per heavy atom. The fourth-order valence-electron chi connectivity index (χ4n) is 2.28. The van der Waals surface area contributed by atoms with Crippen LogP contribution in [0.3, 0.4) is 0 Å². The average Bonchev–Trinajstić information content (AvgIpc) is 2.41. The van der Waals surface area contributed by atoms with Crippen LogP contribution in [-0.4, -0.2) is 19.0 Å². The number of hydrogen-bond acceptors (Lipinski definition) is 2. The van der Waals surface area contributed by atoms with Crippen molar-refractivity contribution in [2.24, 2.45) is 0 Å². The molecule has 3 heteroatoms. The molecule has 0 saturated carbocycles. The highest BCUT2D eigenvalue weighted by Crippen LogP contribution is 2.29. The fraction of sp³-hybridized carbons (Fsp3) is 0.562. The van der Waals surface area contributed by atoms with Gasteiger partial charge in [-0.2, -0.15) is 0 Å². The standard InChI is InChI=1S/C16H26N2O/c1-7-15(19)17-8-9-18-16-13(5)11(3)10(2)12(4)14(16)6/h18H,7-9H2,1-6H3,(H,17,19). The predicted molar refractivity (Wildman–Crippen MR) is 81.9 cm³/mol. The molecule has 0 radical (unpaired) electrons. The molecule has 2 N–H and O–H groups in total. The molecular weight excluding hydrogens is 236 g/mol. The maximum atomic E-state index is 11.2. The SMILES string of the molecule is CCC(=O)NCCNc1c(C)c(C)c(C)c(C)c1C. The lowest BCUT2D eigenvalue weighted by molar-refractivity contribution is -0.120. The van der Waals surface area contributed by atoms with Crippen molar-refractivity contribution in [2.75, 3.05) is 18.4 Å². The molecule has 0 atom stereocenters. The van der Waals surface area contributed by atoms with Crippen molar-refractivity contribution in [3.8, 4) is 0 Å². The van der Waals surface area contributed by atoms with Crippen LogP contribution in [0, 0.1) is 34.6 Å². The number of benzene rings is 1. The first-order valence-electron chi connectivity index (χ1n) is 6.97. The van der Waals surface area contributed by atoms with Crippen molar-refractivity contribution in [3.63, 3.8) is 0 Å². The van der Waals surface area contributed by atoms with Gasteiger partial charge in [0.2, 0.25) is 5.91 Å². The van der Waals surface area contributed by atoms with Gasteiger partial charge in [-0.15, -0.1) is 0 Å². The number of carbonyl (C=O) groups is 1. The zero-order valence-electron chi connectivity index (χ0n) is 13.0. The van der Waals surface area contributed by atoms with Crippen LogP contribution in [-0.2, 0) is 4.79 Å². The van der Waals surface area contributed by atoms with Crippen molar-refractivity contribution >= 4 is 11.6 Å². The monoisotopic (exact) mass is 262 g/mol. The molecule has 0 aliphatic heterocycles. The van der Waals surface area contributed by atoms with E-state index in [4.69, 9.17) is 0 Å². The summed E-state index contributed by atoms with van der Waals surface area (Å²) in [4.78, 5) is 11.2. The third-order valence-corrected chi connectivity index (χ3v) is 4.07. The highest BCUT2D eigenvalue weighted by atomic mass is 16.1. The predicted octanol–water partition coefficient (Wildman–Crippen LogP) is 3.17. The molecular formula is C16H26N2O. The Kier molecular flexibility index (Phi) is 5.40. The molecule has 19 heavy (non-hydrogen) atoms. The minimum absolute atomic E-state index is 0.103. The Morgan fingerprint density at radius 2 is 1.32 bits per heavy atom. The molecule has 1 aromatic rings. The highest BCUT2D eigenvalue weighted by Gasteiger charge is 2.11. The van der Waals surface area contributed by atoms with E-state index in [0.717, 1.165) is 6.54 Å². The van der Waals surface area contributed by atoms with E-state index >= 15 is 0 Å². The first-order valence-corrected chi connectivity index (χ1v) is 6.97. The summed E-state index contributed by atoms with van der Waals surface area (Å²) in [5, 5.41) is 6.34. The van der Waals surface area contributed by atoms with Crippen LogP contribution in [0.25, 0.3) is 0 Å². The Hall–Kier alpha value is -1.51. The van der Waals surface area contributed by atoms with Crippen molar-refractivity contribution < 1.29 is 4.79 Å². The molecule has 1 amide bonds. The highest BCUT2D eigenvalue weighted by molar-refractivity contribution is 5.75. The Morgan fingerprint density at radius 1 is 0.842 bits per heavy atom. The molecule has 0 aliphatic carbocycles. The van der Waals surface area contributed by atoms with E-state index in [-0.39, 0.29) is 5.91 Å². The molecule has 1 rings (SSSR count). The van der Waals surface area contributed by atoms with Gasteiger partial charge >= 0.3 is 0 Å². The topological polar surface area (TPSA) is 41.1 Å². The van der Waals surface area contributed by atoms with E-state index in [1.54, 1.807) is 0 Å². The largest absolute Gasteiger partial charge is 0.383 e. The van der Waals surface area contributed by atoms with Crippen molar-refractivity contribution in [1.82, 2.24) is 5.32 Å². The number of carbonyl (C=O) groups excluding carboxylic acids is 1. The molecule has 106 valence electrons. The summed E-state index contributed by atoms with van der Waals surface area (Å²) in [7, 11) is 0. The second-order valence-corrected chi connectivity index (χ2v) is 5.13. The van der Waals surface area contributed by atoms with Crippen LogP contribution in [0.1, 0.15) is 41.2 Å². The van der Waals surface area contributed by atoms with Crippen molar-refractivity contribution in [1.29, 1.82) is 0 Å². The second-order valence-electron chi connectivity index (χ2n) is 5.13. The van der Waals surface area contributed by atoms with Crippen molar-refractivity contribution in [2.45, 2.75) is 48.0 Å². The molecule has 0 spiro atoms. The molecule has 0 aromatic heterocycles. The summed E-state index contributed by atoms with van der Waals surface area (Å²) in [5.41, 5.74) is 7.91. The van der Waals surface area contributed by atoms with Gasteiger partial charge in [-0.3, -0.25) is 4.79 Å². The number of amides is 1. The zero-order chi connectivity index (χ0) is 14.6. The molecule has 0 fully saturated rings. The van der Waals surface area contributed by atoms with Gasteiger partial charge in [-0.25, -0.2) is 0 Å². The quantitative estimate of drug-likeness (QED) is 0.800. The van der Waals surface area contributed by atoms with Gasteiger partial charge in [0.15, 0.2) is 0 Å². The summed E-state index contributed by atoms with van der Waals surface area (Å²) in [6.07, 6.45) is 0.542. The maximum Gasteiger partial charge on any atom is 0.219 e. The van der Waals surface area contributed by atoms with Gasteiger partial charge in [0.25, 0.3) is 0 Å². The molecule has 0 aliphatic rings. The van der Waals surface area contributed by atoms with Gasteiger partial charge in [0, 0.05) is 25.2 Å². The first kappa shape index (κ1) is 15.5. The van der Waals surface area contributed by atoms with Crippen LogP contribution >= 0.6 is 0 Å². The van der Waals surface area contributed by atoms with E-state index < -0.39 is 0 Å². The maximum absolute atomic E-state index is 11.2. The van der Waals surface area contributed by atoms with E-state index in [1.807, 2.05) is 6.92 Å². The first-order chi connectivity index (χ1) is 8.90. The summed E-state index contributed by atoms with van der Waals surface area (Å²) >= 11 is 0. The Labute approximate surface area is 116 Å². The number of rotatable bonds is 5.